The zero-order valence-electron chi connectivity index (χ0n) is 9.40. The summed E-state index contributed by atoms with van der Waals surface area (Å²) in [7, 11) is 0. The summed E-state index contributed by atoms with van der Waals surface area (Å²) in [5, 5.41) is 18.6. The third kappa shape index (κ3) is 2.44. The minimum atomic E-state index is -0.278. The second-order valence-corrected chi connectivity index (χ2v) is 3.63. The molecule has 0 fully saturated rings. The van der Waals surface area contributed by atoms with Crippen LogP contribution in [0.1, 0.15) is 22.8 Å². The smallest absolute Gasteiger partial charge is 0.256 e. The number of phenolic OH excluding ortho intramolecular Hbond substituents is 1. The Morgan fingerprint density at radius 3 is 3.06 bits per heavy atom. The molecule has 2 aromatic rings. The van der Waals surface area contributed by atoms with Gasteiger partial charge in [-0.1, -0.05) is 13.0 Å². The van der Waals surface area contributed by atoms with Crippen LogP contribution in [0.15, 0.2) is 30.5 Å². The lowest BCUT2D eigenvalue weighted by molar-refractivity contribution is 0.102. The molecule has 0 saturated heterocycles. The first-order chi connectivity index (χ1) is 8.20. The minimum Gasteiger partial charge on any atom is -0.508 e. The zero-order valence-corrected chi connectivity index (χ0v) is 9.40. The number of rotatable bonds is 3. The number of aromatic hydroxyl groups is 1. The van der Waals surface area contributed by atoms with Crippen molar-refractivity contribution in [1.82, 2.24) is 10.2 Å². The number of aromatic amines is 1. The van der Waals surface area contributed by atoms with E-state index in [2.05, 4.69) is 15.5 Å². The molecule has 17 heavy (non-hydrogen) atoms. The normalized spacial score (nSPS) is 10.2. The predicted octanol–water partition coefficient (Wildman–Crippen LogP) is 1.93. The van der Waals surface area contributed by atoms with Crippen LogP contribution in [0.3, 0.4) is 0 Å². The molecule has 2 rings (SSSR count). The molecule has 0 bridgehead atoms. The molecule has 0 spiro atoms. The number of nitrogens with one attached hydrogen (secondary N) is 2. The maximum Gasteiger partial charge on any atom is 0.256 e. The molecule has 0 aliphatic rings. The van der Waals surface area contributed by atoms with E-state index in [1.165, 1.54) is 12.1 Å². The second-order valence-electron chi connectivity index (χ2n) is 3.63. The van der Waals surface area contributed by atoms with Crippen molar-refractivity contribution in [2.75, 3.05) is 5.32 Å². The molecule has 1 amide bonds. The van der Waals surface area contributed by atoms with Gasteiger partial charge in [-0.15, -0.1) is 0 Å². The van der Waals surface area contributed by atoms with Crippen LogP contribution >= 0.6 is 0 Å². The van der Waals surface area contributed by atoms with E-state index in [1.807, 2.05) is 6.92 Å². The zero-order chi connectivity index (χ0) is 12.3. The molecule has 5 nitrogen and oxygen atoms in total. The lowest BCUT2D eigenvalue weighted by atomic mass is 10.2. The highest BCUT2D eigenvalue weighted by Gasteiger charge is 2.10. The number of amides is 1. The summed E-state index contributed by atoms with van der Waals surface area (Å²) >= 11 is 0. The summed E-state index contributed by atoms with van der Waals surface area (Å²) in [4.78, 5) is 11.9. The standard InChI is InChI=1S/C12H13N3O2/c1-2-8-7-13-15-11(8)14-12(17)9-4-3-5-10(16)6-9/h3-7,16H,2H2,1H3,(H2,13,14,15,17). The van der Waals surface area contributed by atoms with Crippen LogP contribution in [-0.4, -0.2) is 21.2 Å². The summed E-state index contributed by atoms with van der Waals surface area (Å²) in [6, 6.07) is 6.19. The number of hydrogen-bond acceptors (Lipinski definition) is 3. The average molecular weight is 231 g/mol. The summed E-state index contributed by atoms with van der Waals surface area (Å²) in [5.41, 5.74) is 1.35. The van der Waals surface area contributed by atoms with E-state index >= 15 is 0 Å². The van der Waals surface area contributed by atoms with E-state index < -0.39 is 0 Å². The molecular weight excluding hydrogens is 218 g/mol. The Kier molecular flexibility index (Phi) is 3.09. The third-order valence-corrected chi connectivity index (χ3v) is 2.45. The van der Waals surface area contributed by atoms with Crippen molar-refractivity contribution >= 4 is 11.7 Å². The third-order valence-electron chi connectivity index (χ3n) is 2.45. The van der Waals surface area contributed by atoms with Gasteiger partial charge < -0.3 is 10.4 Å². The number of anilines is 1. The summed E-state index contributed by atoms with van der Waals surface area (Å²) < 4.78 is 0. The van der Waals surface area contributed by atoms with Crippen molar-refractivity contribution in [2.24, 2.45) is 0 Å². The largest absolute Gasteiger partial charge is 0.508 e. The number of nitrogens with zero attached hydrogens (tertiary/aromatic N) is 1. The molecule has 1 aromatic carbocycles. The first-order valence-corrected chi connectivity index (χ1v) is 5.33. The minimum absolute atomic E-state index is 0.0676. The maximum absolute atomic E-state index is 11.9. The van der Waals surface area contributed by atoms with Crippen molar-refractivity contribution in [1.29, 1.82) is 0 Å². The van der Waals surface area contributed by atoms with E-state index in [0.717, 1.165) is 12.0 Å². The van der Waals surface area contributed by atoms with E-state index in [1.54, 1.807) is 18.3 Å². The molecule has 0 atom stereocenters. The monoisotopic (exact) mass is 231 g/mol. The van der Waals surface area contributed by atoms with Crippen LogP contribution in [0.4, 0.5) is 5.82 Å². The molecule has 0 radical (unpaired) electrons. The summed E-state index contributed by atoms with van der Waals surface area (Å²) in [5.74, 6) is 0.388. The van der Waals surface area contributed by atoms with Crippen LogP contribution in [0.2, 0.25) is 0 Å². The fourth-order valence-corrected chi connectivity index (χ4v) is 1.52. The van der Waals surface area contributed by atoms with Gasteiger partial charge in [0.2, 0.25) is 0 Å². The first-order valence-electron chi connectivity index (χ1n) is 5.33. The Bertz CT molecular complexity index is 534. The molecule has 88 valence electrons. The lowest BCUT2D eigenvalue weighted by Crippen LogP contribution is -2.13. The van der Waals surface area contributed by atoms with Crippen LogP contribution in [-0.2, 0) is 6.42 Å². The van der Waals surface area contributed by atoms with Gasteiger partial charge >= 0.3 is 0 Å². The number of H-pyrrole nitrogens is 1. The van der Waals surface area contributed by atoms with E-state index in [9.17, 15) is 9.90 Å². The van der Waals surface area contributed by atoms with E-state index in [4.69, 9.17) is 0 Å². The predicted molar refractivity (Wildman–Crippen MR) is 64.0 cm³/mol. The highest BCUT2D eigenvalue weighted by atomic mass is 16.3. The number of carbonyl (C=O) groups excluding carboxylic acids is 1. The van der Waals surface area contributed by atoms with Crippen LogP contribution < -0.4 is 5.32 Å². The SMILES string of the molecule is CCc1cn[nH]c1NC(=O)c1cccc(O)c1. The quantitative estimate of drug-likeness (QED) is 0.755. The number of aryl methyl sites for hydroxylation is 1. The Balaban J connectivity index is 2.17. The number of aromatic nitrogens is 2. The summed E-state index contributed by atoms with van der Waals surface area (Å²) in [6.45, 7) is 1.98. The van der Waals surface area contributed by atoms with Gasteiger partial charge in [-0.05, 0) is 24.6 Å². The highest BCUT2D eigenvalue weighted by Crippen LogP contribution is 2.15. The molecule has 5 heteroatoms. The van der Waals surface area contributed by atoms with Crippen molar-refractivity contribution < 1.29 is 9.90 Å². The molecule has 1 heterocycles. The van der Waals surface area contributed by atoms with Gasteiger partial charge in [0.1, 0.15) is 11.6 Å². The van der Waals surface area contributed by atoms with Gasteiger partial charge in [0.25, 0.3) is 5.91 Å². The van der Waals surface area contributed by atoms with Crippen molar-refractivity contribution in [2.45, 2.75) is 13.3 Å². The van der Waals surface area contributed by atoms with Crippen molar-refractivity contribution in [3.63, 3.8) is 0 Å². The molecule has 0 aliphatic carbocycles. The van der Waals surface area contributed by atoms with Gasteiger partial charge in [-0.2, -0.15) is 5.10 Å². The van der Waals surface area contributed by atoms with Gasteiger partial charge in [-0.3, -0.25) is 9.89 Å². The maximum atomic E-state index is 11.9. The lowest BCUT2D eigenvalue weighted by Gasteiger charge is -2.04. The van der Waals surface area contributed by atoms with E-state index in [0.29, 0.717) is 11.4 Å². The van der Waals surface area contributed by atoms with Crippen LogP contribution in [0, 0.1) is 0 Å². The fraction of sp³-hybridized carbons (Fsp3) is 0.167. The number of phenols is 1. The second kappa shape index (κ2) is 4.69. The number of carbonyl (C=O) groups is 1. The Labute approximate surface area is 98.5 Å². The molecule has 0 aliphatic heterocycles. The Morgan fingerprint density at radius 2 is 2.35 bits per heavy atom. The van der Waals surface area contributed by atoms with Crippen molar-refractivity contribution in [3.05, 3.63) is 41.6 Å². The molecular formula is C12H13N3O2. The number of hydrogen-bond donors (Lipinski definition) is 3. The number of benzene rings is 1. The van der Waals surface area contributed by atoms with Crippen LogP contribution in [0.25, 0.3) is 0 Å². The van der Waals surface area contributed by atoms with E-state index in [-0.39, 0.29) is 11.7 Å². The molecule has 0 unspecified atom stereocenters. The molecule has 3 N–H and O–H groups in total. The fourth-order valence-electron chi connectivity index (χ4n) is 1.52. The summed E-state index contributed by atoms with van der Waals surface area (Å²) in [6.07, 6.45) is 2.46. The molecule has 0 saturated carbocycles. The van der Waals surface area contributed by atoms with Crippen molar-refractivity contribution in [3.8, 4) is 5.75 Å². The Morgan fingerprint density at radius 1 is 1.53 bits per heavy atom. The van der Waals surface area contributed by atoms with Gasteiger partial charge in [-0.25, -0.2) is 0 Å². The average Bonchev–Trinajstić information content (AvgIpc) is 2.76. The van der Waals surface area contributed by atoms with Crippen LogP contribution in [0.5, 0.6) is 5.75 Å². The van der Waals surface area contributed by atoms with Gasteiger partial charge in [0.05, 0.1) is 6.20 Å². The van der Waals surface area contributed by atoms with Gasteiger partial charge in [0.15, 0.2) is 0 Å². The first kappa shape index (κ1) is 11.2. The molecule has 1 aromatic heterocycles. The topological polar surface area (TPSA) is 78.0 Å². The van der Waals surface area contributed by atoms with Gasteiger partial charge in [0, 0.05) is 11.1 Å². The highest BCUT2D eigenvalue weighted by molar-refractivity contribution is 6.04. The Hall–Kier alpha value is -2.30.